The van der Waals surface area contributed by atoms with Crippen molar-refractivity contribution in [1.82, 2.24) is 5.32 Å². The Hall–Kier alpha value is -3.80. The molecule has 0 fully saturated rings. The molecule has 0 bridgehead atoms. The van der Waals surface area contributed by atoms with Crippen molar-refractivity contribution < 1.29 is 19.1 Å². The highest BCUT2D eigenvalue weighted by atomic mass is 16.5. The molecule has 148 valence electrons. The standard InChI is InChI=1S/C23H22N2O4/c1-28-20-13-7-5-9-17(20)15-16-24-22(26)23(27)25-19-12-6-8-14-21(19)29-18-10-3-2-4-11-18/h2-14H,15-16H2,1H3,(H,24,26)(H,25,27). The number of nitrogens with one attached hydrogen (secondary N) is 2. The molecule has 0 aliphatic heterocycles. The van der Waals surface area contributed by atoms with Crippen LogP contribution in [0.15, 0.2) is 78.9 Å². The molecule has 0 atom stereocenters. The minimum Gasteiger partial charge on any atom is -0.496 e. The first-order chi connectivity index (χ1) is 14.2. The lowest BCUT2D eigenvalue weighted by Crippen LogP contribution is -2.36. The van der Waals surface area contributed by atoms with Gasteiger partial charge < -0.3 is 20.1 Å². The minimum atomic E-state index is -0.755. The monoisotopic (exact) mass is 390 g/mol. The van der Waals surface area contributed by atoms with E-state index in [2.05, 4.69) is 10.6 Å². The van der Waals surface area contributed by atoms with Gasteiger partial charge >= 0.3 is 11.8 Å². The molecule has 29 heavy (non-hydrogen) atoms. The highest BCUT2D eigenvalue weighted by Crippen LogP contribution is 2.29. The molecule has 0 spiro atoms. The van der Waals surface area contributed by atoms with Gasteiger partial charge in [-0.05, 0) is 42.3 Å². The Balaban J connectivity index is 1.56. The highest BCUT2D eigenvalue weighted by Gasteiger charge is 2.16. The fourth-order valence-corrected chi connectivity index (χ4v) is 2.75. The van der Waals surface area contributed by atoms with Crippen LogP contribution in [0.1, 0.15) is 5.56 Å². The van der Waals surface area contributed by atoms with Crippen LogP contribution in [0.5, 0.6) is 17.2 Å². The summed E-state index contributed by atoms with van der Waals surface area (Å²) in [7, 11) is 1.60. The van der Waals surface area contributed by atoms with E-state index in [1.165, 1.54) is 0 Å². The van der Waals surface area contributed by atoms with Gasteiger partial charge in [0.1, 0.15) is 11.5 Å². The Labute approximate surface area is 169 Å². The van der Waals surface area contributed by atoms with Crippen LogP contribution in [0, 0.1) is 0 Å². The molecule has 0 saturated carbocycles. The summed E-state index contributed by atoms with van der Waals surface area (Å²) in [5, 5.41) is 5.23. The van der Waals surface area contributed by atoms with Gasteiger partial charge in [-0.15, -0.1) is 0 Å². The first-order valence-corrected chi connectivity index (χ1v) is 9.20. The number of ether oxygens (including phenoxy) is 2. The SMILES string of the molecule is COc1ccccc1CCNC(=O)C(=O)Nc1ccccc1Oc1ccccc1. The van der Waals surface area contributed by atoms with Gasteiger partial charge in [0.25, 0.3) is 0 Å². The Morgan fingerprint density at radius 1 is 0.793 bits per heavy atom. The Morgan fingerprint density at radius 3 is 2.21 bits per heavy atom. The van der Waals surface area contributed by atoms with E-state index in [-0.39, 0.29) is 0 Å². The number of methoxy groups -OCH3 is 1. The molecule has 6 nitrogen and oxygen atoms in total. The normalized spacial score (nSPS) is 10.1. The van der Waals surface area contributed by atoms with Crippen molar-refractivity contribution in [2.45, 2.75) is 6.42 Å². The lowest BCUT2D eigenvalue weighted by Gasteiger charge is -2.12. The van der Waals surface area contributed by atoms with E-state index in [9.17, 15) is 9.59 Å². The van der Waals surface area contributed by atoms with Crippen LogP contribution in [-0.2, 0) is 16.0 Å². The van der Waals surface area contributed by atoms with Gasteiger partial charge in [0.15, 0.2) is 5.75 Å². The van der Waals surface area contributed by atoms with E-state index in [0.29, 0.717) is 30.2 Å². The molecule has 0 unspecified atom stereocenters. The highest BCUT2D eigenvalue weighted by molar-refractivity contribution is 6.39. The van der Waals surface area contributed by atoms with E-state index in [0.717, 1.165) is 11.3 Å². The number of carbonyl (C=O) groups excluding carboxylic acids is 2. The molecule has 0 aromatic heterocycles. The van der Waals surface area contributed by atoms with Crippen molar-refractivity contribution in [3.63, 3.8) is 0 Å². The molecule has 3 aromatic carbocycles. The maximum atomic E-state index is 12.3. The summed E-state index contributed by atoms with van der Waals surface area (Å²) in [5.41, 5.74) is 1.37. The van der Waals surface area contributed by atoms with Gasteiger partial charge in [0.2, 0.25) is 0 Å². The summed E-state index contributed by atoms with van der Waals surface area (Å²) in [4.78, 5) is 24.4. The second-order valence-electron chi connectivity index (χ2n) is 6.18. The zero-order valence-corrected chi connectivity index (χ0v) is 16.1. The Bertz CT molecular complexity index is 973. The maximum Gasteiger partial charge on any atom is 0.313 e. The summed E-state index contributed by atoms with van der Waals surface area (Å²) < 4.78 is 11.1. The molecule has 2 amide bonds. The predicted octanol–water partition coefficient (Wildman–Crippen LogP) is 3.78. The smallest absolute Gasteiger partial charge is 0.313 e. The van der Waals surface area contributed by atoms with Gasteiger partial charge in [-0.25, -0.2) is 0 Å². The van der Waals surface area contributed by atoms with Crippen LogP contribution >= 0.6 is 0 Å². The molecular formula is C23H22N2O4. The molecule has 0 heterocycles. The van der Waals surface area contributed by atoms with E-state index in [1.54, 1.807) is 31.4 Å². The lowest BCUT2D eigenvalue weighted by atomic mass is 10.1. The van der Waals surface area contributed by atoms with Gasteiger partial charge in [-0.2, -0.15) is 0 Å². The van der Waals surface area contributed by atoms with Crippen molar-refractivity contribution >= 4 is 17.5 Å². The van der Waals surface area contributed by atoms with Crippen LogP contribution in [0.3, 0.4) is 0 Å². The number of hydrogen-bond acceptors (Lipinski definition) is 4. The second kappa shape index (κ2) is 9.94. The first kappa shape index (κ1) is 19.9. The van der Waals surface area contributed by atoms with Crippen LogP contribution in [-0.4, -0.2) is 25.5 Å². The van der Waals surface area contributed by atoms with Crippen molar-refractivity contribution in [2.75, 3.05) is 19.0 Å². The number of hydrogen-bond donors (Lipinski definition) is 2. The summed E-state index contributed by atoms with van der Waals surface area (Å²) in [6, 6.07) is 23.7. The maximum absolute atomic E-state index is 12.3. The molecule has 0 aliphatic carbocycles. The summed E-state index contributed by atoms with van der Waals surface area (Å²) in [5.74, 6) is 0.367. The predicted molar refractivity (Wildman–Crippen MR) is 111 cm³/mol. The Morgan fingerprint density at radius 2 is 1.45 bits per heavy atom. The van der Waals surface area contributed by atoms with E-state index in [4.69, 9.17) is 9.47 Å². The van der Waals surface area contributed by atoms with Crippen LogP contribution in [0.4, 0.5) is 5.69 Å². The zero-order chi connectivity index (χ0) is 20.5. The molecule has 0 radical (unpaired) electrons. The average Bonchev–Trinajstić information content (AvgIpc) is 2.76. The molecule has 3 rings (SSSR count). The first-order valence-electron chi connectivity index (χ1n) is 9.20. The van der Waals surface area contributed by atoms with Crippen molar-refractivity contribution in [3.8, 4) is 17.2 Å². The fourth-order valence-electron chi connectivity index (χ4n) is 2.75. The third-order valence-electron chi connectivity index (χ3n) is 4.18. The molecule has 0 saturated heterocycles. The van der Waals surface area contributed by atoms with E-state index < -0.39 is 11.8 Å². The number of rotatable bonds is 7. The number of amides is 2. The van der Waals surface area contributed by atoms with E-state index in [1.807, 2.05) is 54.6 Å². The number of para-hydroxylation sites is 4. The molecule has 0 aliphatic rings. The minimum absolute atomic E-state index is 0.314. The van der Waals surface area contributed by atoms with Gasteiger partial charge in [0.05, 0.1) is 12.8 Å². The third-order valence-corrected chi connectivity index (χ3v) is 4.18. The number of anilines is 1. The van der Waals surface area contributed by atoms with Crippen molar-refractivity contribution in [1.29, 1.82) is 0 Å². The fraction of sp³-hybridized carbons (Fsp3) is 0.130. The van der Waals surface area contributed by atoms with Crippen molar-refractivity contribution in [2.24, 2.45) is 0 Å². The van der Waals surface area contributed by atoms with Crippen molar-refractivity contribution in [3.05, 3.63) is 84.4 Å². The van der Waals surface area contributed by atoms with Gasteiger partial charge in [0, 0.05) is 6.54 Å². The van der Waals surface area contributed by atoms with Gasteiger partial charge in [-0.1, -0.05) is 48.5 Å². The second-order valence-corrected chi connectivity index (χ2v) is 6.18. The topological polar surface area (TPSA) is 76.7 Å². The molecule has 2 N–H and O–H groups in total. The summed E-state index contributed by atoms with van der Waals surface area (Å²) >= 11 is 0. The average molecular weight is 390 g/mol. The largest absolute Gasteiger partial charge is 0.496 e. The summed E-state index contributed by atoms with van der Waals surface area (Å²) in [6.45, 7) is 0.314. The Kier molecular flexibility index (Phi) is 6.84. The van der Waals surface area contributed by atoms with Crippen LogP contribution < -0.4 is 20.1 Å². The van der Waals surface area contributed by atoms with Crippen LogP contribution in [0.2, 0.25) is 0 Å². The van der Waals surface area contributed by atoms with Crippen LogP contribution in [0.25, 0.3) is 0 Å². The molecule has 6 heteroatoms. The lowest BCUT2D eigenvalue weighted by molar-refractivity contribution is -0.136. The van der Waals surface area contributed by atoms with Gasteiger partial charge in [-0.3, -0.25) is 9.59 Å². The molecular weight excluding hydrogens is 368 g/mol. The number of carbonyl (C=O) groups is 2. The summed E-state index contributed by atoms with van der Waals surface area (Å²) in [6.07, 6.45) is 0.552. The molecule has 3 aromatic rings. The quantitative estimate of drug-likeness (QED) is 0.602. The number of benzene rings is 3. The third kappa shape index (κ3) is 5.59. The van der Waals surface area contributed by atoms with E-state index >= 15 is 0 Å². The zero-order valence-electron chi connectivity index (χ0n) is 16.1.